The van der Waals surface area contributed by atoms with Crippen LogP contribution in [0.1, 0.15) is 121 Å². The number of amides is 6. The van der Waals surface area contributed by atoms with E-state index in [2.05, 4.69) is 66.4 Å². The number of anilines is 3. The number of halogens is 1. The molecule has 1 unspecified atom stereocenters. The number of H-pyrrole nitrogens is 1. The molecule has 11 rings (SSSR count). The minimum absolute atomic E-state index is 0.0207. The van der Waals surface area contributed by atoms with Crippen molar-refractivity contribution in [2.45, 2.75) is 95.4 Å². The fourth-order valence-corrected chi connectivity index (χ4v) is 13.6. The molecule has 0 radical (unpaired) electrons. The van der Waals surface area contributed by atoms with Gasteiger partial charge in [0, 0.05) is 112 Å². The van der Waals surface area contributed by atoms with Crippen molar-refractivity contribution in [2.24, 2.45) is 11.3 Å². The average Bonchev–Trinajstić information content (AvgIpc) is 2.22. The molecular formula is C64H70ClN11O11S. The van der Waals surface area contributed by atoms with Gasteiger partial charge in [0.25, 0.3) is 33.4 Å². The van der Waals surface area contributed by atoms with Crippen LogP contribution in [-0.2, 0) is 24.4 Å². The maximum atomic E-state index is 14.2. The molecule has 1 atom stereocenters. The molecule has 4 aliphatic heterocycles. The molecule has 5 aliphatic rings. The number of nitro benzene ring substituents is 1. The highest BCUT2D eigenvalue weighted by Gasteiger charge is 2.46. The number of pyridine rings is 1. The molecule has 6 heterocycles. The number of carbonyl (C=O) groups is 6. The summed E-state index contributed by atoms with van der Waals surface area (Å²) in [6.45, 7) is 10.3. The molecule has 0 spiro atoms. The zero-order chi connectivity index (χ0) is 61.9. The highest BCUT2D eigenvalue weighted by Crippen LogP contribution is 2.44. The van der Waals surface area contributed by atoms with Gasteiger partial charge in [0.2, 0.25) is 17.7 Å². The number of carbonyl (C=O) groups excluding carboxylic acids is 6. The molecular weight excluding hydrogens is 1170 g/mol. The number of hydrogen-bond donors (Lipinski definition) is 5. The Morgan fingerprint density at radius 2 is 1.64 bits per heavy atom. The monoisotopic (exact) mass is 1240 g/mol. The Labute approximate surface area is 514 Å². The Morgan fingerprint density at radius 1 is 0.852 bits per heavy atom. The second kappa shape index (κ2) is 26.0. The standard InChI is InChI=1S/C64H70ClN11O11S/c1-64(2)24-20-43(50(36-64)41-10-12-44(65)13-11-41)39-72-29-31-73(32-30-72)45-14-16-48(55(34-45)87-46-33-42-21-26-67-59(42)69-38-46)60(79)71-88(85,86)47-15-17-51(54(35-47)76(83)84)68-37-40-22-27-74(28-23-40)57(78)9-4-3-5-25-66-52-8-6-7-49-58(52)63(82)75(62(49)81)53-18-19-56(77)70-61(53)80/h6-8,10-17,21,26,33-35,38,40,53,66,68H,3-5,9,18-20,22-25,27-32,36-37,39H2,1-2H3,(H,67,69)(H,71,79)(H,70,77,80). The van der Waals surface area contributed by atoms with Crippen LogP contribution in [0.15, 0.2) is 114 Å². The van der Waals surface area contributed by atoms with E-state index in [0.29, 0.717) is 93.5 Å². The molecule has 24 heteroatoms. The fraction of sp³-hybridized carbons (Fsp3) is 0.391. The lowest BCUT2D eigenvalue weighted by Crippen LogP contribution is -2.54. The summed E-state index contributed by atoms with van der Waals surface area (Å²) in [5.74, 6) is -2.79. The Morgan fingerprint density at radius 3 is 2.40 bits per heavy atom. The summed E-state index contributed by atoms with van der Waals surface area (Å²) in [6, 6.07) is 24.0. The molecule has 5 N–H and O–H groups in total. The topological polar surface area (TPSA) is 279 Å². The second-order valence-corrected chi connectivity index (χ2v) is 26.2. The molecule has 3 saturated heterocycles. The van der Waals surface area contributed by atoms with Gasteiger partial charge in [0.1, 0.15) is 28.9 Å². The highest BCUT2D eigenvalue weighted by molar-refractivity contribution is 7.90. The maximum Gasteiger partial charge on any atom is 0.293 e. The molecule has 6 aromatic rings. The number of nitrogens with zero attached hydrogens (tertiary/aromatic N) is 6. The van der Waals surface area contributed by atoms with E-state index in [4.69, 9.17) is 16.3 Å². The number of imide groups is 2. The van der Waals surface area contributed by atoms with E-state index in [1.165, 1.54) is 41.1 Å². The maximum absolute atomic E-state index is 14.2. The van der Waals surface area contributed by atoms with Gasteiger partial charge >= 0.3 is 0 Å². The number of nitrogens with one attached hydrogen (secondary N) is 5. The number of benzene rings is 4. The van der Waals surface area contributed by atoms with Crippen LogP contribution in [0.2, 0.25) is 5.02 Å². The summed E-state index contributed by atoms with van der Waals surface area (Å²) < 4.78 is 36.4. The van der Waals surface area contributed by atoms with Gasteiger partial charge in [-0.25, -0.2) is 18.1 Å². The molecule has 22 nitrogen and oxygen atoms in total. The predicted molar refractivity (Wildman–Crippen MR) is 333 cm³/mol. The highest BCUT2D eigenvalue weighted by atomic mass is 35.5. The molecule has 2 aromatic heterocycles. The molecule has 460 valence electrons. The average molecular weight is 1240 g/mol. The Hall–Kier alpha value is -8.67. The number of unbranched alkanes of at least 4 members (excludes halogenated alkanes) is 2. The third-order valence-corrected chi connectivity index (χ3v) is 19.0. The number of sulfonamides is 1. The number of fused-ring (bicyclic) bond motifs is 2. The minimum atomic E-state index is -4.67. The van der Waals surface area contributed by atoms with Gasteiger partial charge in [-0.05, 0) is 134 Å². The number of aromatic nitrogens is 2. The van der Waals surface area contributed by atoms with E-state index in [9.17, 15) is 47.3 Å². The summed E-state index contributed by atoms with van der Waals surface area (Å²) in [6.07, 6.45) is 10.1. The van der Waals surface area contributed by atoms with Crippen molar-refractivity contribution in [3.63, 3.8) is 0 Å². The first kappa shape index (κ1) is 61.0. The van der Waals surface area contributed by atoms with Crippen LogP contribution in [0.4, 0.5) is 22.7 Å². The van der Waals surface area contributed by atoms with Gasteiger partial charge in [-0.15, -0.1) is 0 Å². The fourth-order valence-electron chi connectivity index (χ4n) is 12.5. The first-order valence-electron chi connectivity index (χ1n) is 29.9. The summed E-state index contributed by atoms with van der Waals surface area (Å²) >= 11 is 6.27. The summed E-state index contributed by atoms with van der Waals surface area (Å²) in [5.41, 5.74) is 6.03. The van der Waals surface area contributed by atoms with Crippen molar-refractivity contribution < 1.29 is 46.8 Å². The lowest BCUT2D eigenvalue weighted by atomic mass is 9.72. The minimum Gasteiger partial charge on any atom is -0.455 e. The Balaban J connectivity index is 0.666. The van der Waals surface area contributed by atoms with E-state index < -0.39 is 61.1 Å². The van der Waals surface area contributed by atoms with E-state index >= 15 is 0 Å². The van der Waals surface area contributed by atoms with Crippen LogP contribution in [0, 0.1) is 21.4 Å². The second-order valence-electron chi connectivity index (χ2n) is 24.1. The van der Waals surface area contributed by atoms with E-state index in [-0.39, 0.29) is 58.2 Å². The lowest BCUT2D eigenvalue weighted by Gasteiger charge is -2.39. The number of hydrogen-bond acceptors (Lipinski definition) is 16. The van der Waals surface area contributed by atoms with Crippen molar-refractivity contribution in [1.29, 1.82) is 0 Å². The number of rotatable bonds is 21. The molecule has 88 heavy (non-hydrogen) atoms. The van der Waals surface area contributed by atoms with E-state index in [0.717, 1.165) is 67.4 Å². The van der Waals surface area contributed by atoms with Gasteiger partial charge in [0.15, 0.2) is 0 Å². The molecule has 4 aromatic carbocycles. The van der Waals surface area contributed by atoms with Crippen LogP contribution in [0.3, 0.4) is 0 Å². The molecule has 0 saturated carbocycles. The largest absolute Gasteiger partial charge is 0.455 e. The van der Waals surface area contributed by atoms with Crippen LogP contribution >= 0.6 is 11.6 Å². The van der Waals surface area contributed by atoms with Crippen LogP contribution in [0.25, 0.3) is 16.6 Å². The number of ether oxygens (including phenoxy) is 1. The first-order valence-corrected chi connectivity index (χ1v) is 31.8. The molecule has 6 amide bonds. The molecule has 1 aliphatic carbocycles. The van der Waals surface area contributed by atoms with Crippen LogP contribution in [0.5, 0.6) is 11.5 Å². The third-order valence-electron chi connectivity index (χ3n) is 17.4. The number of allylic oxidation sites excluding steroid dienone is 1. The van der Waals surface area contributed by atoms with Gasteiger partial charge < -0.3 is 30.2 Å². The zero-order valence-corrected chi connectivity index (χ0v) is 50.6. The SMILES string of the molecule is CC1(C)CCC(CN2CCN(c3ccc(C(=O)NS(=O)(=O)c4ccc(NCC5CCN(C(=O)CCCCCNc6cccc7c6C(=O)N(C6CCC(=O)NC6=O)C7=O)CC5)c([N+](=O)[O-])c4)c(Oc4cnc5[nH]ccc5c4)c3)CC2)=C(c2ccc(Cl)cc2)C1. The van der Waals surface area contributed by atoms with Crippen molar-refractivity contribution in [3.05, 3.63) is 146 Å². The predicted octanol–water partition coefficient (Wildman–Crippen LogP) is 9.55. The van der Waals surface area contributed by atoms with Crippen molar-refractivity contribution in [3.8, 4) is 11.5 Å². The smallest absolute Gasteiger partial charge is 0.293 e. The molecule has 0 bridgehead atoms. The molecule has 3 fully saturated rings. The normalized spacial score (nSPS) is 18.4. The first-order chi connectivity index (χ1) is 42.3. The van der Waals surface area contributed by atoms with Crippen LogP contribution in [-0.4, -0.2) is 138 Å². The summed E-state index contributed by atoms with van der Waals surface area (Å²) in [5, 5.41) is 22.5. The Kier molecular flexibility index (Phi) is 18.0. The third kappa shape index (κ3) is 13.7. The van der Waals surface area contributed by atoms with Crippen molar-refractivity contribution in [2.75, 3.05) is 74.4 Å². The van der Waals surface area contributed by atoms with E-state index in [1.54, 1.807) is 42.6 Å². The summed E-state index contributed by atoms with van der Waals surface area (Å²) in [7, 11) is -4.67. The number of piperidine rings is 2. The van der Waals surface area contributed by atoms with E-state index in [1.807, 2.05) is 23.1 Å². The van der Waals surface area contributed by atoms with Gasteiger partial charge in [-0.3, -0.25) is 54.0 Å². The van der Waals surface area contributed by atoms with Crippen LogP contribution < -0.4 is 30.3 Å². The zero-order valence-electron chi connectivity index (χ0n) is 49.1. The Bertz CT molecular complexity index is 3870. The van der Waals surface area contributed by atoms with Crippen molar-refractivity contribution >= 4 is 96.4 Å². The number of piperazine rings is 1. The quantitative estimate of drug-likeness (QED) is 0.0194. The number of aromatic amines is 1. The lowest BCUT2D eigenvalue weighted by molar-refractivity contribution is -0.384. The van der Waals surface area contributed by atoms with Crippen molar-refractivity contribution in [1.82, 2.24) is 34.7 Å². The summed E-state index contributed by atoms with van der Waals surface area (Å²) in [4.78, 5) is 104. The number of likely N-dealkylation sites (tertiary alicyclic amines) is 1. The van der Waals surface area contributed by atoms with Gasteiger partial charge in [-0.1, -0.05) is 55.6 Å². The van der Waals surface area contributed by atoms with Gasteiger partial charge in [-0.2, -0.15) is 0 Å². The number of nitro groups is 1. The van der Waals surface area contributed by atoms with Gasteiger partial charge in [0.05, 0.1) is 32.7 Å².